The Morgan fingerprint density at radius 1 is 1.23 bits per heavy atom. The topological polar surface area (TPSA) is 117 Å². The second kappa shape index (κ2) is 8.65. The van der Waals surface area contributed by atoms with E-state index in [9.17, 15) is 19.2 Å². The monoisotopic (exact) mass is 315 g/mol. The van der Waals surface area contributed by atoms with Crippen molar-refractivity contribution in [2.45, 2.75) is 20.0 Å². The SMILES string of the molecule is CC(C)C(=O)OCOC(=O)C=CC(=O)OCC1CNC(=O)O1. The van der Waals surface area contributed by atoms with Gasteiger partial charge in [0.15, 0.2) is 6.10 Å². The summed E-state index contributed by atoms with van der Waals surface area (Å²) in [6.45, 7) is 2.87. The number of carbonyl (C=O) groups excluding carboxylic acids is 4. The van der Waals surface area contributed by atoms with Crippen molar-refractivity contribution in [1.29, 1.82) is 0 Å². The van der Waals surface area contributed by atoms with Crippen molar-refractivity contribution >= 4 is 24.0 Å². The summed E-state index contributed by atoms with van der Waals surface area (Å²) in [7, 11) is 0. The van der Waals surface area contributed by atoms with Crippen molar-refractivity contribution in [2.24, 2.45) is 5.92 Å². The van der Waals surface area contributed by atoms with Gasteiger partial charge in [-0.05, 0) is 0 Å². The summed E-state index contributed by atoms with van der Waals surface area (Å²) < 4.78 is 18.7. The predicted molar refractivity (Wildman–Crippen MR) is 70.3 cm³/mol. The van der Waals surface area contributed by atoms with Crippen LogP contribution in [0.15, 0.2) is 12.2 Å². The van der Waals surface area contributed by atoms with E-state index in [1.54, 1.807) is 13.8 Å². The summed E-state index contributed by atoms with van der Waals surface area (Å²) >= 11 is 0. The van der Waals surface area contributed by atoms with E-state index in [4.69, 9.17) is 9.47 Å². The number of rotatable bonds is 7. The molecule has 0 aromatic rings. The van der Waals surface area contributed by atoms with Crippen LogP contribution in [0.25, 0.3) is 0 Å². The number of nitrogens with one attached hydrogen (secondary N) is 1. The summed E-state index contributed by atoms with van der Waals surface area (Å²) in [5, 5.41) is 2.40. The Morgan fingerprint density at radius 2 is 1.86 bits per heavy atom. The van der Waals surface area contributed by atoms with Gasteiger partial charge in [0.2, 0.25) is 6.79 Å². The number of carbonyl (C=O) groups is 4. The summed E-state index contributed by atoms with van der Waals surface area (Å²) in [4.78, 5) is 44.3. The van der Waals surface area contributed by atoms with Crippen LogP contribution in [0.1, 0.15) is 13.8 Å². The first-order valence-electron chi connectivity index (χ1n) is 6.51. The average Bonchev–Trinajstić information content (AvgIpc) is 2.88. The van der Waals surface area contributed by atoms with E-state index in [1.807, 2.05) is 0 Å². The molecule has 9 nitrogen and oxygen atoms in total. The quantitative estimate of drug-likeness (QED) is 0.299. The molecule has 1 fully saturated rings. The molecule has 1 heterocycles. The maximum atomic E-state index is 11.3. The summed E-state index contributed by atoms with van der Waals surface area (Å²) in [6, 6.07) is 0. The zero-order valence-corrected chi connectivity index (χ0v) is 12.2. The minimum Gasteiger partial charge on any atom is -0.459 e. The molecule has 0 aromatic carbocycles. The largest absolute Gasteiger partial charge is 0.459 e. The Bertz CT molecular complexity index is 471. The van der Waals surface area contributed by atoms with Gasteiger partial charge < -0.3 is 24.3 Å². The second-order valence-corrected chi connectivity index (χ2v) is 4.57. The van der Waals surface area contributed by atoms with E-state index < -0.39 is 36.9 Å². The number of alkyl carbamates (subject to hydrolysis) is 1. The normalized spacial score (nSPS) is 17.0. The molecular weight excluding hydrogens is 298 g/mol. The molecule has 1 N–H and O–H groups in total. The molecule has 1 atom stereocenters. The molecule has 0 bridgehead atoms. The van der Waals surface area contributed by atoms with Gasteiger partial charge in [-0.25, -0.2) is 14.4 Å². The third-order valence-corrected chi connectivity index (χ3v) is 2.39. The highest BCUT2D eigenvalue weighted by molar-refractivity contribution is 5.91. The highest BCUT2D eigenvalue weighted by Gasteiger charge is 2.23. The van der Waals surface area contributed by atoms with Crippen LogP contribution in [-0.4, -0.2) is 50.0 Å². The fourth-order valence-corrected chi connectivity index (χ4v) is 1.24. The van der Waals surface area contributed by atoms with Crippen molar-refractivity contribution < 1.29 is 38.1 Å². The van der Waals surface area contributed by atoms with E-state index >= 15 is 0 Å². The summed E-state index contributed by atoms with van der Waals surface area (Å²) in [6.07, 6.45) is 0.574. The number of hydrogen-bond donors (Lipinski definition) is 1. The third kappa shape index (κ3) is 6.73. The zero-order valence-electron chi connectivity index (χ0n) is 12.2. The summed E-state index contributed by atoms with van der Waals surface area (Å²) in [5.74, 6) is -2.49. The van der Waals surface area contributed by atoms with Gasteiger partial charge in [0.05, 0.1) is 12.5 Å². The van der Waals surface area contributed by atoms with Gasteiger partial charge in [-0.15, -0.1) is 0 Å². The first-order chi connectivity index (χ1) is 10.4. The van der Waals surface area contributed by atoms with Crippen LogP contribution < -0.4 is 5.32 Å². The fourth-order valence-electron chi connectivity index (χ4n) is 1.24. The molecule has 0 radical (unpaired) electrons. The Balaban J connectivity index is 2.17. The molecule has 0 spiro atoms. The lowest BCUT2D eigenvalue weighted by Crippen LogP contribution is -2.22. The molecule has 0 aliphatic carbocycles. The minimum atomic E-state index is -0.859. The molecule has 1 unspecified atom stereocenters. The van der Waals surface area contributed by atoms with Crippen molar-refractivity contribution in [3.05, 3.63) is 12.2 Å². The molecule has 9 heteroatoms. The molecule has 122 valence electrons. The zero-order chi connectivity index (χ0) is 16.5. The Kier molecular flexibility index (Phi) is 6.87. The van der Waals surface area contributed by atoms with Crippen LogP contribution in [0, 0.1) is 5.92 Å². The minimum absolute atomic E-state index is 0.122. The predicted octanol–water partition coefficient (Wildman–Crippen LogP) is -0.106. The molecule has 22 heavy (non-hydrogen) atoms. The van der Waals surface area contributed by atoms with Gasteiger partial charge >= 0.3 is 24.0 Å². The van der Waals surface area contributed by atoms with E-state index in [2.05, 4.69) is 14.8 Å². The van der Waals surface area contributed by atoms with Crippen molar-refractivity contribution in [2.75, 3.05) is 19.9 Å². The molecule has 1 saturated heterocycles. The lowest BCUT2D eigenvalue weighted by molar-refractivity contribution is -0.166. The van der Waals surface area contributed by atoms with E-state index in [-0.39, 0.29) is 19.1 Å². The Hall–Kier alpha value is -2.58. The lowest BCUT2D eigenvalue weighted by atomic mass is 10.2. The number of cyclic esters (lactones) is 1. The van der Waals surface area contributed by atoms with Crippen LogP contribution in [0.3, 0.4) is 0 Å². The van der Waals surface area contributed by atoms with Crippen LogP contribution in [0.4, 0.5) is 4.79 Å². The van der Waals surface area contributed by atoms with Gasteiger partial charge in [0, 0.05) is 12.2 Å². The first-order valence-corrected chi connectivity index (χ1v) is 6.51. The van der Waals surface area contributed by atoms with Crippen molar-refractivity contribution in [3.63, 3.8) is 0 Å². The molecular formula is C13H17NO8. The van der Waals surface area contributed by atoms with Gasteiger partial charge in [-0.3, -0.25) is 4.79 Å². The maximum absolute atomic E-state index is 11.3. The van der Waals surface area contributed by atoms with E-state index in [0.717, 1.165) is 12.2 Å². The van der Waals surface area contributed by atoms with Crippen LogP contribution >= 0.6 is 0 Å². The van der Waals surface area contributed by atoms with Crippen molar-refractivity contribution in [1.82, 2.24) is 5.32 Å². The number of amides is 1. The molecule has 1 aliphatic rings. The molecule has 1 amide bonds. The number of esters is 3. The fraction of sp³-hybridized carbons (Fsp3) is 0.538. The second-order valence-electron chi connectivity index (χ2n) is 4.57. The van der Waals surface area contributed by atoms with E-state index in [0.29, 0.717) is 0 Å². The molecule has 0 saturated carbocycles. The number of hydrogen-bond acceptors (Lipinski definition) is 8. The third-order valence-electron chi connectivity index (χ3n) is 2.39. The van der Waals surface area contributed by atoms with Crippen LogP contribution in [-0.2, 0) is 33.3 Å². The smallest absolute Gasteiger partial charge is 0.407 e. The number of ether oxygens (including phenoxy) is 4. The average molecular weight is 315 g/mol. The maximum Gasteiger partial charge on any atom is 0.407 e. The first kappa shape index (κ1) is 17.5. The van der Waals surface area contributed by atoms with E-state index in [1.165, 1.54) is 0 Å². The standard InChI is InChI=1S/C13H17NO8/c1-8(2)12(17)21-7-20-11(16)4-3-10(15)19-6-9-5-14-13(18)22-9/h3-4,8-9H,5-7H2,1-2H3,(H,14,18). The summed E-state index contributed by atoms with van der Waals surface area (Å²) in [5.41, 5.74) is 0. The van der Waals surface area contributed by atoms with Gasteiger partial charge in [0.1, 0.15) is 6.61 Å². The Labute approximate surface area is 126 Å². The van der Waals surface area contributed by atoms with Gasteiger partial charge in [-0.1, -0.05) is 13.8 Å². The van der Waals surface area contributed by atoms with Gasteiger partial charge in [-0.2, -0.15) is 0 Å². The highest BCUT2D eigenvalue weighted by atomic mass is 16.7. The Morgan fingerprint density at radius 3 is 2.41 bits per heavy atom. The molecule has 1 rings (SSSR count). The molecule has 0 aromatic heterocycles. The van der Waals surface area contributed by atoms with Gasteiger partial charge in [0.25, 0.3) is 0 Å². The van der Waals surface area contributed by atoms with Crippen molar-refractivity contribution in [3.8, 4) is 0 Å². The highest BCUT2D eigenvalue weighted by Crippen LogP contribution is 2.01. The lowest BCUT2D eigenvalue weighted by Gasteiger charge is -2.07. The van der Waals surface area contributed by atoms with Crippen LogP contribution in [0.5, 0.6) is 0 Å². The molecule has 1 aliphatic heterocycles. The van der Waals surface area contributed by atoms with Crippen LogP contribution in [0.2, 0.25) is 0 Å².